The zero-order chi connectivity index (χ0) is 14.1. The van der Waals surface area contributed by atoms with Crippen LogP contribution in [0.25, 0.3) is 0 Å². The Bertz CT molecular complexity index is 295. The Labute approximate surface area is 109 Å². The Kier molecular flexibility index (Phi) is 5.89. The summed E-state index contributed by atoms with van der Waals surface area (Å²) in [7, 11) is 0. The number of hydrogen-bond donors (Lipinski definition) is 0. The average molecular weight is 255 g/mol. The monoisotopic (exact) mass is 255 g/mol. The van der Waals surface area contributed by atoms with Crippen LogP contribution in [0, 0.1) is 11.8 Å². The van der Waals surface area contributed by atoms with Crippen molar-refractivity contribution in [1.82, 2.24) is 0 Å². The Morgan fingerprint density at radius 2 is 1.33 bits per heavy atom. The molecule has 2 unspecified atom stereocenters. The molecule has 0 aromatic carbocycles. The molecule has 0 N–H and O–H groups in total. The van der Waals surface area contributed by atoms with Crippen LogP contribution in [0.15, 0.2) is 0 Å². The summed E-state index contributed by atoms with van der Waals surface area (Å²) in [5.41, 5.74) is 0. The number of esters is 2. The van der Waals surface area contributed by atoms with E-state index in [1.807, 2.05) is 0 Å². The van der Waals surface area contributed by atoms with Crippen LogP contribution in [0.1, 0.15) is 38.5 Å². The Balaban J connectivity index is 0.000000550. The summed E-state index contributed by atoms with van der Waals surface area (Å²) in [4.78, 5) is 22.3. The number of rotatable bonds is 1. The van der Waals surface area contributed by atoms with Gasteiger partial charge in [0.1, 0.15) is 0 Å². The van der Waals surface area contributed by atoms with Crippen molar-refractivity contribution in [2.24, 2.45) is 11.8 Å². The molecule has 0 aromatic rings. The van der Waals surface area contributed by atoms with E-state index >= 15 is 0 Å². The van der Waals surface area contributed by atoms with Gasteiger partial charge in [-0.2, -0.15) is 0 Å². The molecule has 2 rings (SSSR count). The molecule has 2 aliphatic heterocycles. The van der Waals surface area contributed by atoms with Gasteiger partial charge in [-0.1, -0.05) is 0 Å². The Morgan fingerprint density at radius 1 is 0.944 bits per heavy atom. The Morgan fingerprint density at radius 3 is 1.72 bits per heavy atom. The van der Waals surface area contributed by atoms with Gasteiger partial charge in [-0.3, -0.25) is 9.59 Å². The van der Waals surface area contributed by atoms with Crippen molar-refractivity contribution in [3.8, 4) is 0 Å². The maximum absolute atomic E-state index is 11.1. The third kappa shape index (κ3) is 4.59. The van der Waals surface area contributed by atoms with E-state index in [9.17, 15) is 9.59 Å². The summed E-state index contributed by atoms with van der Waals surface area (Å²) in [6, 6.07) is 0. The van der Waals surface area contributed by atoms with E-state index in [2.05, 4.69) is 0 Å². The predicted octanol–water partition coefficient (Wildman–Crippen LogP) is 0.906. The fourth-order valence-electron chi connectivity index (χ4n) is 2.63. The first kappa shape index (κ1) is 13.2. The molecule has 0 bridgehead atoms. The first-order chi connectivity index (χ1) is 9.17. The molecule has 6 heteroatoms. The summed E-state index contributed by atoms with van der Waals surface area (Å²) >= 11 is 0. The van der Waals surface area contributed by atoms with Crippen molar-refractivity contribution in [1.29, 1.82) is 1.34 Å². The minimum absolute atomic E-state index is 0. The van der Waals surface area contributed by atoms with Crippen LogP contribution < -0.4 is 0 Å². The molecule has 2 aliphatic rings. The summed E-state index contributed by atoms with van der Waals surface area (Å²) in [6.45, 7) is 1.07. The van der Waals surface area contributed by atoms with Gasteiger partial charge in [0.05, 0.1) is 13.2 Å². The van der Waals surface area contributed by atoms with Gasteiger partial charge in [0.2, 0.25) is 0 Å². The van der Waals surface area contributed by atoms with Crippen LogP contribution in [0.2, 0.25) is 0 Å². The van der Waals surface area contributed by atoms with Crippen LogP contribution in [0.3, 0.4) is 0 Å². The molecule has 0 spiro atoms. The summed E-state index contributed by atoms with van der Waals surface area (Å²) in [5, 5.41) is 0. The SMILES string of the molecule is O=C1CCC(C2CCOC(=O)CC2)CCO1.[2H]B=O. The van der Waals surface area contributed by atoms with E-state index in [0.717, 1.165) is 25.7 Å². The third-order valence-corrected chi connectivity index (χ3v) is 3.61. The van der Waals surface area contributed by atoms with Crippen LogP contribution in [0.4, 0.5) is 0 Å². The standard InChI is InChI=1S/C12H18O4.BHO/c13-11-3-1-9(5-7-15-11)10-2-4-12(14)16-8-6-10;1-2/h9-10H,1-8H2;1H/i;1D. The van der Waals surface area contributed by atoms with E-state index in [1.165, 1.54) is 0 Å². The number of hydrogen-bond acceptors (Lipinski definition) is 5. The normalized spacial score (nSPS) is 29.2. The summed E-state index contributed by atoms with van der Waals surface area (Å²) in [5.74, 6) is 0.869. The molecular formula is C12H19BO5. The second-order valence-electron chi connectivity index (χ2n) is 4.62. The molecule has 0 amide bonds. The average Bonchev–Trinajstić information content (AvgIpc) is 2.71. The second kappa shape index (κ2) is 8.00. The van der Waals surface area contributed by atoms with Crippen LogP contribution >= 0.6 is 0 Å². The van der Waals surface area contributed by atoms with Gasteiger partial charge in [0, 0.05) is 12.8 Å². The fourth-order valence-corrected chi connectivity index (χ4v) is 2.63. The number of ether oxygens (including phenoxy) is 2. The fraction of sp³-hybridized carbons (Fsp3) is 0.833. The van der Waals surface area contributed by atoms with Crippen molar-refractivity contribution >= 4 is 19.6 Å². The minimum atomic E-state index is -0.0801. The van der Waals surface area contributed by atoms with Gasteiger partial charge < -0.3 is 9.47 Å². The second-order valence-corrected chi connectivity index (χ2v) is 4.62. The van der Waals surface area contributed by atoms with E-state index in [0.29, 0.717) is 37.9 Å². The molecule has 2 heterocycles. The van der Waals surface area contributed by atoms with Crippen molar-refractivity contribution < 1.29 is 23.8 Å². The van der Waals surface area contributed by atoms with Gasteiger partial charge in [0.15, 0.2) is 0 Å². The van der Waals surface area contributed by atoms with Gasteiger partial charge in [-0.15, -0.1) is 0 Å². The van der Waals surface area contributed by atoms with Gasteiger partial charge >= 0.3 is 25.7 Å². The number of carbonyl (C=O) groups excluding carboxylic acids is 2. The van der Waals surface area contributed by atoms with Crippen molar-refractivity contribution in [3.05, 3.63) is 0 Å². The molecule has 0 saturated carbocycles. The third-order valence-electron chi connectivity index (χ3n) is 3.61. The van der Waals surface area contributed by atoms with E-state index in [-0.39, 0.29) is 19.6 Å². The molecule has 0 aliphatic carbocycles. The zero-order valence-electron chi connectivity index (χ0n) is 11.4. The maximum atomic E-state index is 11.1. The van der Waals surface area contributed by atoms with Crippen molar-refractivity contribution in [2.45, 2.75) is 38.5 Å². The van der Waals surface area contributed by atoms with Gasteiger partial charge in [-0.25, -0.2) is 0 Å². The molecule has 2 saturated heterocycles. The summed E-state index contributed by atoms with van der Waals surface area (Å²) in [6.07, 6.45) is 4.72. The quantitative estimate of drug-likeness (QED) is 0.514. The summed E-state index contributed by atoms with van der Waals surface area (Å²) < 4.78 is 24.1. The molecule has 100 valence electrons. The molecule has 0 aromatic heterocycles. The van der Waals surface area contributed by atoms with Crippen molar-refractivity contribution in [2.75, 3.05) is 13.2 Å². The predicted molar refractivity (Wildman–Crippen MR) is 64.4 cm³/mol. The van der Waals surface area contributed by atoms with E-state index in [4.69, 9.17) is 15.5 Å². The zero-order valence-corrected chi connectivity index (χ0v) is 10.4. The molecule has 2 atom stereocenters. The molecule has 2 fully saturated rings. The first-order valence-electron chi connectivity index (χ1n) is 6.88. The van der Waals surface area contributed by atoms with E-state index in [1.54, 1.807) is 0 Å². The van der Waals surface area contributed by atoms with Gasteiger partial charge in [0.25, 0.3) is 0 Å². The molecule has 18 heavy (non-hydrogen) atoms. The van der Waals surface area contributed by atoms with Crippen LogP contribution in [0.5, 0.6) is 0 Å². The number of carbonyl (C=O) groups is 2. The van der Waals surface area contributed by atoms with Crippen molar-refractivity contribution in [3.63, 3.8) is 0 Å². The first-order valence-corrected chi connectivity index (χ1v) is 6.30. The molecule has 5 nitrogen and oxygen atoms in total. The van der Waals surface area contributed by atoms with E-state index < -0.39 is 0 Å². The molecule has 0 radical (unpaired) electrons. The topological polar surface area (TPSA) is 69.7 Å². The van der Waals surface area contributed by atoms with Crippen LogP contribution in [-0.4, -0.2) is 34.2 Å². The number of cyclic esters (lactones) is 2. The van der Waals surface area contributed by atoms with Gasteiger partial charge in [-0.05, 0) is 37.5 Å². The Hall–Kier alpha value is -1.20. The van der Waals surface area contributed by atoms with Crippen LogP contribution in [-0.2, 0) is 23.8 Å². The molecular weight excluding hydrogens is 235 g/mol.